The van der Waals surface area contributed by atoms with E-state index in [1.165, 1.54) is 12.1 Å². The molecule has 1 amide bonds. The third-order valence-electron chi connectivity index (χ3n) is 3.90. The molecule has 0 aliphatic rings. The number of nitrogens with one attached hydrogen (secondary N) is 2. The molecule has 0 aliphatic carbocycles. The number of amides is 1. The highest BCUT2D eigenvalue weighted by Gasteiger charge is 2.11. The second kappa shape index (κ2) is 6.89. The number of hydrogen-bond donors (Lipinski definition) is 3. The minimum absolute atomic E-state index is 0.129. The second-order valence-electron chi connectivity index (χ2n) is 6.17. The van der Waals surface area contributed by atoms with Gasteiger partial charge in [-0.2, -0.15) is 0 Å². The number of imidazole rings is 1. The molecule has 0 aliphatic heterocycles. The van der Waals surface area contributed by atoms with Gasteiger partial charge in [0.15, 0.2) is 9.84 Å². The molecule has 3 N–H and O–H groups in total. The monoisotopic (exact) mass is 373 g/mol. The van der Waals surface area contributed by atoms with Crippen molar-refractivity contribution in [3.05, 3.63) is 53.9 Å². The fraction of sp³-hybridized carbons (Fsp3) is 0.222. The molecule has 0 spiro atoms. The Balaban J connectivity index is 1.70. The minimum Gasteiger partial charge on any atom is -0.385 e. The number of anilines is 1. The van der Waals surface area contributed by atoms with Gasteiger partial charge in [-0.3, -0.25) is 4.79 Å². The summed E-state index contributed by atoms with van der Waals surface area (Å²) >= 11 is 0. The molecule has 3 aromatic rings. The van der Waals surface area contributed by atoms with Crippen LogP contribution in [0, 0.1) is 0 Å². The average molecular weight is 373 g/mol. The molecule has 26 heavy (non-hydrogen) atoms. The molecular formula is C18H19N3O4S. The standard InChI is InChI=1S/C18H19N3O4S/c1-11(22)18-20-15-8-5-13(10-16(15)21-18)19-17(23)9-12-3-6-14(7-4-12)26(2,24)25/h3-8,10-11,22H,9H2,1-2H3,(H,19,23)(H,20,21). The van der Waals surface area contributed by atoms with Crippen molar-refractivity contribution in [3.63, 3.8) is 0 Å². The summed E-state index contributed by atoms with van der Waals surface area (Å²) in [5, 5.41) is 12.4. The zero-order chi connectivity index (χ0) is 18.9. The molecular weight excluding hydrogens is 354 g/mol. The maximum atomic E-state index is 12.2. The summed E-state index contributed by atoms with van der Waals surface area (Å²) in [7, 11) is -3.25. The summed E-state index contributed by atoms with van der Waals surface area (Å²) in [6.07, 6.45) is 0.572. The lowest BCUT2D eigenvalue weighted by atomic mass is 10.1. The van der Waals surface area contributed by atoms with Gasteiger partial charge in [0.1, 0.15) is 11.9 Å². The molecule has 0 bridgehead atoms. The van der Waals surface area contributed by atoms with Crippen LogP contribution in [0.25, 0.3) is 11.0 Å². The zero-order valence-electron chi connectivity index (χ0n) is 14.4. The Hall–Kier alpha value is -2.71. The summed E-state index contributed by atoms with van der Waals surface area (Å²) in [6, 6.07) is 11.5. The Morgan fingerprint density at radius 1 is 1.23 bits per heavy atom. The van der Waals surface area contributed by atoms with Crippen LogP contribution in [-0.2, 0) is 21.1 Å². The number of sulfone groups is 1. The summed E-state index contributed by atoms with van der Waals surface area (Å²) in [4.78, 5) is 19.7. The number of carbonyl (C=O) groups excluding carboxylic acids is 1. The first-order valence-electron chi connectivity index (χ1n) is 7.99. The predicted molar refractivity (Wildman–Crippen MR) is 98.6 cm³/mol. The van der Waals surface area contributed by atoms with E-state index in [1.807, 2.05) is 0 Å². The van der Waals surface area contributed by atoms with E-state index in [2.05, 4.69) is 15.3 Å². The van der Waals surface area contributed by atoms with E-state index in [0.717, 1.165) is 11.8 Å². The van der Waals surface area contributed by atoms with E-state index >= 15 is 0 Å². The summed E-state index contributed by atoms with van der Waals surface area (Å²) in [5.74, 6) is 0.251. The zero-order valence-corrected chi connectivity index (χ0v) is 15.2. The number of nitrogens with zero attached hydrogens (tertiary/aromatic N) is 1. The van der Waals surface area contributed by atoms with E-state index in [1.54, 1.807) is 37.3 Å². The topological polar surface area (TPSA) is 112 Å². The van der Waals surface area contributed by atoms with Gasteiger partial charge in [0.25, 0.3) is 0 Å². The number of aromatic amines is 1. The predicted octanol–water partition coefficient (Wildman–Crippen LogP) is 2.20. The number of aromatic nitrogens is 2. The molecule has 1 aromatic heterocycles. The van der Waals surface area contributed by atoms with Crippen LogP contribution in [-0.4, -0.2) is 35.7 Å². The molecule has 1 atom stereocenters. The first kappa shape index (κ1) is 18.1. The van der Waals surface area contributed by atoms with Gasteiger partial charge in [-0.25, -0.2) is 13.4 Å². The molecule has 136 valence electrons. The molecule has 1 heterocycles. The van der Waals surface area contributed by atoms with E-state index in [4.69, 9.17) is 0 Å². The van der Waals surface area contributed by atoms with Crippen molar-refractivity contribution in [2.45, 2.75) is 24.3 Å². The minimum atomic E-state index is -3.25. The van der Waals surface area contributed by atoms with Crippen molar-refractivity contribution >= 4 is 32.5 Å². The van der Waals surface area contributed by atoms with E-state index in [0.29, 0.717) is 22.6 Å². The van der Waals surface area contributed by atoms with E-state index in [9.17, 15) is 18.3 Å². The van der Waals surface area contributed by atoms with E-state index in [-0.39, 0.29) is 17.2 Å². The number of H-pyrrole nitrogens is 1. The number of fused-ring (bicyclic) bond motifs is 1. The number of aliphatic hydroxyl groups is 1. The van der Waals surface area contributed by atoms with Crippen LogP contribution in [0.4, 0.5) is 5.69 Å². The fourth-order valence-electron chi connectivity index (χ4n) is 2.55. The second-order valence-corrected chi connectivity index (χ2v) is 8.19. The molecule has 0 saturated heterocycles. The van der Waals surface area contributed by atoms with E-state index < -0.39 is 15.9 Å². The van der Waals surface area contributed by atoms with Gasteiger partial charge in [0.05, 0.1) is 22.3 Å². The maximum absolute atomic E-state index is 12.2. The molecule has 0 radical (unpaired) electrons. The highest BCUT2D eigenvalue weighted by Crippen LogP contribution is 2.20. The maximum Gasteiger partial charge on any atom is 0.228 e. The molecule has 7 nitrogen and oxygen atoms in total. The Morgan fingerprint density at radius 2 is 1.92 bits per heavy atom. The van der Waals surface area contributed by atoms with Crippen molar-refractivity contribution < 1.29 is 18.3 Å². The molecule has 0 saturated carbocycles. The van der Waals surface area contributed by atoms with Crippen LogP contribution in [0.2, 0.25) is 0 Å². The number of hydrogen-bond acceptors (Lipinski definition) is 5. The first-order valence-corrected chi connectivity index (χ1v) is 9.88. The van der Waals surface area contributed by atoms with Crippen molar-refractivity contribution in [1.29, 1.82) is 0 Å². The average Bonchev–Trinajstić information content (AvgIpc) is 2.98. The smallest absolute Gasteiger partial charge is 0.228 e. The Labute approximate surface area is 151 Å². The summed E-state index contributed by atoms with van der Waals surface area (Å²) < 4.78 is 22.9. The number of rotatable bonds is 5. The number of aliphatic hydroxyl groups excluding tert-OH is 1. The Kier molecular flexibility index (Phi) is 4.80. The van der Waals surface area contributed by atoms with Crippen molar-refractivity contribution in [1.82, 2.24) is 9.97 Å². The van der Waals surface area contributed by atoms with Gasteiger partial charge in [0, 0.05) is 11.9 Å². The first-order chi connectivity index (χ1) is 12.2. The quantitative estimate of drug-likeness (QED) is 0.635. The molecule has 2 aromatic carbocycles. The lowest BCUT2D eigenvalue weighted by Gasteiger charge is -2.06. The lowest BCUT2D eigenvalue weighted by Crippen LogP contribution is -2.14. The van der Waals surface area contributed by atoms with Crippen LogP contribution in [0.15, 0.2) is 47.4 Å². The van der Waals surface area contributed by atoms with Crippen LogP contribution in [0.1, 0.15) is 24.4 Å². The SMILES string of the molecule is CC(O)c1nc2ccc(NC(=O)Cc3ccc(S(C)(=O)=O)cc3)cc2[nH]1. The molecule has 0 fully saturated rings. The fourth-order valence-corrected chi connectivity index (χ4v) is 3.18. The lowest BCUT2D eigenvalue weighted by molar-refractivity contribution is -0.115. The summed E-state index contributed by atoms with van der Waals surface area (Å²) in [5.41, 5.74) is 2.75. The summed E-state index contributed by atoms with van der Waals surface area (Å²) in [6.45, 7) is 1.62. The van der Waals surface area contributed by atoms with Crippen LogP contribution in [0.5, 0.6) is 0 Å². The Bertz CT molecular complexity index is 1050. The molecule has 1 unspecified atom stereocenters. The van der Waals surface area contributed by atoms with Crippen molar-refractivity contribution in [2.75, 3.05) is 11.6 Å². The molecule has 3 rings (SSSR count). The van der Waals surface area contributed by atoms with Crippen LogP contribution >= 0.6 is 0 Å². The number of carbonyl (C=O) groups is 1. The van der Waals surface area contributed by atoms with Gasteiger partial charge in [-0.1, -0.05) is 12.1 Å². The van der Waals surface area contributed by atoms with Gasteiger partial charge in [0.2, 0.25) is 5.91 Å². The van der Waals surface area contributed by atoms with Gasteiger partial charge < -0.3 is 15.4 Å². The largest absolute Gasteiger partial charge is 0.385 e. The van der Waals surface area contributed by atoms with Crippen LogP contribution in [0.3, 0.4) is 0 Å². The van der Waals surface area contributed by atoms with Gasteiger partial charge >= 0.3 is 0 Å². The van der Waals surface area contributed by atoms with Crippen molar-refractivity contribution in [2.24, 2.45) is 0 Å². The highest BCUT2D eigenvalue weighted by molar-refractivity contribution is 7.90. The third kappa shape index (κ3) is 4.09. The van der Waals surface area contributed by atoms with Gasteiger partial charge in [-0.15, -0.1) is 0 Å². The Morgan fingerprint density at radius 3 is 2.54 bits per heavy atom. The normalized spacial score (nSPS) is 12.9. The van der Waals surface area contributed by atoms with Gasteiger partial charge in [-0.05, 0) is 42.8 Å². The molecule has 8 heteroatoms. The highest BCUT2D eigenvalue weighted by atomic mass is 32.2. The van der Waals surface area contributed by atoms with Crippen LogP contribution < -0.4 is 5.32 Å². The third-order valence-corrected chi connectivity index (χ3v) is 5.02. The number of benzene rings is 2. The van der Waals surface area contributed by atoms with Crippen molar-refractivity contribution in [3.8, 4) is 0 Å².